The smallest absolute Gasteiger partial charge is 0.242 e. The van der Waals surface area contributed by atoms with E-state index < -0.39 is 0 Å². The fraction of sp³-hybridized carbons (Fsp3) is 0.667. The highest BCUT2D eigenvalue weighted by Gasteiger charge is 2.30. The number of carbonyl (C=O) groups excluding carboxylic acids is 1. The molecule has 0 bridgehead atoms. The minimum absolute atomic E-state index is 0.0655. The molecular weight excluding hydrogens is 266 g/mol. The Morgan fingerprint density at radius 1 is 1.43 bits per heavy atom. The largest absolute Gasteiger partial charge is 0.370 e. The first kappa shape index (κ1) is 15.5. The van der Waals surface area contributed by atoms with E-state index in [9.17, 15) is 4.79 Å². The number of piperidine rings is 1. The van der Waals surface area contributed by atoms with Gasteiger partial charge in [0.1, 0.15) is 24.0 Å². The highest BCUT2D eigenvalue weighted by Crippen LogP contribution is 2.28. The van der Waals surface area contributed by atoms with Crippen LogP contribution in [-0.4, -0.2) is 42.1 Å². The SMILES string of the molecule is CCCNc1ncnc(N2CCCCC2C(=O)NC)c1C. The van der Waals surface area contributed by atoms with Crippen LogP contribution in [0.4, 0.5) is 11.6 Å². The van der Waals surface area contributed by atoms with Crippen molar-refractivity contribution in [3.63, 3.8) is 0 Å². The summed E-state index contributed by atoms with van der Waals surface area (Å²) in [6.45, 7) is 5.89. The molecule has 1 aliphatic heterocycles. The minimum atomic E-state index is -0.128. The first-order chi connectivity index (χ1) is 10.2. The van der Waals surface area contributed by atoms with Crippen molar-refractivity contribution in [1.82, 2.24) is 15.3 Å². The van der Waals surface area contributed by atoms with E-state index in [1.165, 1.54) is 0 Å². The summed E-state index contributed by atoms with van der Waals surface area (Å²) in [7, 11) is 1.69. The Morgan fingerprint density at radius 2 is 2.24 bits per heavy atom. The molecule has 6 nitrogen and oxygen atoms in total. The second-order valence-corrected chi connectivity index (χ2v) is 5.42. The number of anilines is 2. The fourth-order valence-corrected chi connectivity index (χ4v) is 2.78. The maximum absolute atomic E-state index is 12.1. The van der Waals surface area contributed by atoms with E-state index in [2.05, 4.69) is 32.4 Å². The summed E-state index contributed by atoms with van der Waals surface area (Å²) in [4.78, 5) is 23.0. The summed E-state index contributed by atoms with van der Waals surface area (Å²) in [6.07, 6.45) is 5.67. The Hall–Kier alpha value is -1.85. The lowest BCUT2D eigenvalue weighted by atomic mass is 10.0. The topological polar surface area (TPSA) is 70.2 Å². The molecule has 1 aliphatic rings. The van der Waals surface area contributed by atoms with E-state index in [0.29, 0.717) is 0 Å². The summed E-state index contributed by atoms with van der Waals surface area (Å²) >= 11 is 0. The maximum atomic E-state index is 12.1. The van der Waals surface area contributed by atoms with E-state index >= 15 is 0 Å². The van der Waals surface area contributed by atoms with Gasteiger partial charge in [0.2, 0.25) is 5.91 Å². The normalized spacial score (nSPS) is 18.4. The van der Waals surface area contributed by atoms with E-state index in [0.717, 1.165) is 56.0 Å². The Morgan fingerprint density at radius 3 is 2.95 bits per heavy atom. The zero-order chi connectivity index (χ0) is 15.2. The molecule has 1 atom stereocenters. The molecule has 1 aromatic heterocycles. The van der Waals surface area contributed by atoms with E-state index in [1.807, 2.05) is 6.92 Å². The highest BCUT2D eigenvalue weighted by atomic mass is 16.2. The second-order valence-electron chi connectivity index (χ2n) is 5.42. The number of carbonyl (C=O) groups is 1. The number of amides is 1. The second kappa shape index (κ2) is 7.24. The molecule has 0 aromatic carbocycles. The zero-order valence-corrected chi connectivity index (χ0v) is 13.1. The predicted octanol–water partition coefficient (Wildman–Crippen LogP) is 1.71. The van der Waals surface area contributed by atoms with Crippen LogP contribution in [0.3, 0.4) is 0 Å². The van der Waals surface area contributed by atoms with Crippen LogP contribution in [-0.2, 0) is 4.79 Å². The van der Waals surface area contributed by atoms with Crippen LogP contribution in [0.25, 0.3) is 0 Å². The van der Waals surface area contributed by atoms with Crippen molar-refractivity contribution >= 4 is 17.5 Å². The van der Waals surface area contributed by atoms with Gasteiger partial charge in [0.25, 0.3) is 0 Å². The molecule has 1 aromatic rings. The molecule has 21 heavy (non-hydrogen) atoms. The molecule has 2 rings (SSSR count). The molecule has 1 fully saturated rings. The Kier molecular flexibility index (Phi) is 5.36. The molecule has 0 saturated carbocycles. The van der Waals surface area contributed by atoms with Crippen molar-refractivity contribution < 1.29 is 4.79 Å². The molecule has 1 saturated heterocycles. The van der Waals surface area contributed by atoms with Crippen molar-refractivity contribution in [1.29, 1.82) is 0 Å². The first-order valence-electron chi connectivity index (χ1n) is 7.72. The number of nitrogens with zero attached hydrogens (tertiary/aromatic N) is 3. The van der Waals surface area contributed by atoms with Gasteiger partial charge in [-0.05, 0) is 32.6 Å². The lowest BCUT2D eigenvalue weighted by molar-refractivity contribution is -0.122. The standard InChI is InChI=1S/C15H25N5O/c1-4-8-17-13-11(2)14(19-10-18-13)20-9-6-5-7-12(20)15(21)16-3/h10,12H,4-9H2,1-3H3,(H,16,21)(H,17,18,19). The van der Waals surface area contributed by atoms with E-state index in [4.69, 9.17) is 0 Å². The molecule has 2 N–H and O–H groups in total. The molecule has 116 valence electrons. The Labute approximate surface area is 126 Å². The summed E-state index contributed by atoms with van der Waals surface area (Å²) in [5.41, 5.74) is 1.02. The molecular formula is C15H25N5O. The van der Waals surface area contributed by atoms with Crippen LogP contribution in [0, 0.1) is 6.92 Å². The zero-order valence-electron chi connectivity index (χ0n) is 13.1. The Balaban J connectivity index is 2.28. The maximum Gasteiger partial charge on any atom is 0.242 e. The van der Waals surface area contributed by atoms with E-state index in [1.54, 1.807) is 13.4 Å². The number of likely N-dealkylation sites (N-methyl/N-ethyl adjacent to an activating group) is 1. The van der Waals surface area contributed by atoms with Gasteiger partial charge in [0.05, 0.1) is 0 Å². The minimum Gasteiger partial charge on any atom is -0.370 e. The van der Waals surface area contributed by atoms with Crippen molar-refractivity contribution in [2.75, 3.05) is 30.4 Å². The molecule has 0 aliphatic carbocycles. The number of aromatic nitrogens is 2. The lowest BCUT2D eigenvalue weighted by Gasteiger charge is -2.36. The summed E-state index contributed by atoms with van der Waals surface area (Å²) < 4.78 is 0. The first-order valence-corrected chi connectivity index (χ1v) is 7.72. The average Bonchev–Trinajstić information content (AvgIpc) is 2.53. The summed E-state index contributed by atoms with van der Waals surface area (Å²) in [6, 6.07) is -0.128. The van der Waals surface area contributed by atoms with Gasteiger partial charge in [-0.1, -0.05) is 6.92 Å². The molecule has 1 amide bonds. The van der Waals surface area contributed by atoms with Gasteiger partial charge in [0.15, 0.2) is 0 Å². The lowest BCUT2D eigenvalue weighted by Crippen LogP contribution is -2.49. The molecule has 0 radical (unpaired) electrons. The quantitative estimate of drug-likeness (QED) is 0.864. The van der Waals surface area contributed by atoms with Crippen molar-refractivity contribution in [2.24, 2.45) is 0 Å². The third kappa shape index (κ3) is 3.43. The van der Waals surface area contributed by atoms with Crippen molar-refractivity contribution in [3.05, 3.63) is 11.9 Å². The number of hydrogen-bond acceptors (Lipinski definition) is 5. The monoisotopic (exact) mass is 291 g/mol. The third-order valence-electron chi connectivity index (χ3n) is 3.92. The van der Waals surface area contributed by atoms with Crippen LogP contribution in [0.1, 0.15) is 38.2 Å². The van der Waals surface area contributed by atoms with Crippen LogP contribution >= 0.6 is 0 Å². The highest BCUT2D eigenvalue weighted by molar-refractivity contribution is 5.85. The molecule has 0 spiro atoms. The van der Waals surface area contributed by atoms with Crippen molar-refractivity contribution in [3.8, 4) is 0 Å². The predicted molar refractivity (Wildman–Crippen MR) is 84.6 cm³/mol. The fourth-order valence-electron chi connectivity index (χ4n) is 2.78. The number of hydrogen-bond donors (Lipinski definition) is 2. The summed E-state index contributed by atoms with van der Waals surface area (Å²) in [5, 5.41) is 6.08. The Bertz CT molecular complexity index is 491. The van der Waals surface area contributed by atoms with Crippen LogP contribution in [0.15, 0.2) is 6.33 Å². The summed E-state index contributed by atoms with van der Waals surface area (Å²) in [5.74, 6) is 1.80. The van der Waals surface area contributed by atoms with Crippen molar-refractivity contribution in [2.45, 2.75) is 45.6 Å². The van der Waals surface area contributed by atoms with E-state index in [-0.39, 0.29) is 11.9 Å². The van der Waals surface area contributed by atoms with Gasteiger partial charge in [-0.2, -0.15) is 0 Å². The van der Waals surface area contributed by atoms with Gasteiger partial charge in [-0.25, -0.2) is 9.97 Å². The van der Waals surface area contributed by atoms with Gasteiger partial charge in [-0.15, -0.1) is 0 Å². The number of rotatable bonds is 5. The number of nitrogens with one attached hydrogen (secondary N) is 2. The molecule has 6 heteroatoms. The molecule has 2 heterocycles. The third-order valence-corrected chi connectivity index (χ3v) is 3.92. The van der Waals surface area contributed by atoms with Crippen LogP contribution < -0.4 is 15.5 Å². The molecule has 1 unspecified atom stereocenters. The van der Waals surface area contributed by atoms with Gasteiger partial charge >= 0.3 is 0 Å². The van der Waals surface area contributed by atoms with Crippen LogP contribution in [0.2, 0.25) is 0 Å². The van der Waals surface area contributed by atoms with Gasteiger partial charge in [-0.3, -0.25) is 4.79 Å². The van der Waals surface area contributed by atoms with Crippen LogP contribution in [0.5, 0.6) is 0 Å². The van der Waals surface area contributed by atoms with Gasteiger partial charge < -0.3 is 15.5 Å². The average molecular weight is 291 g/mol. The van der Waals surface area contributed by atoms with Gasteiger partial charge in [0, 0.05) is 25.7 Å².